The first-order valence-electron chi connectivity index (χ1n) is 11.5. The van der Waals surface area contributed by atoms with Crippen molar-refractivity contribution in [2.45, 2.75) is 110 Å². The molecule has 2 heteroatoms. The molecule has 0 amide bonds. The van der Waals surface area contributed by atoms with Gasteiger partial charge >= 0.3 is 0 Å². The number of aryl methyl sites for hydroxylation is 1. The lowest BCUT2D eigenvalue weighted by Gasteiger charge is -2.07. The highest BCUT2D eigenvalue weighted by molar-refractivity contribution is 5.51. The van der Waals surface area contributed by atoms with Gasteiger partial charge in [-0.15, -0.1) is 0 Å². The molecule has 2 nitrogen and oxygen atoms in total. The summed E-state index contributed by atoms with van der Waals surface area (Å²) in [5, 5.41) is 3.49. The summed E-state index contributed by atoms with van der Waals surface area (Å²) in [5.74, 6) is 0. The lowest BCUT2D eigenvalue weighted by Crippen LogP contribution is -2.01. The molecule has 0 aliphatic rings. The summed E-state index contributed by atoms with van der Waals surface area (Å²) in [6.45, 7) is 3.34. The van der Waals surface area contributed by atoms with E-state index < -0.39 is 0 Å². The molecule has 1 radical (unpaired) electrons. The van der Waals surface area contributed by atoms with Gasteiger partial charge in [-0.1, -0.05) is 103 Å². The molecular weight excluding hydrogens is 330 g/mol. The molecule has 1 N–H and O–H groups in total. The largest absolute Gasteiger partial charge is 0.385 e. The fourth-order valence-corrected chi connectivity index (χ4v) is 3.54. The van der Waals surface area contributed by atoms with Crippen LogP contribution >= 0.6 is 0 Å². The van der Waals surface area contributed by atoms with Crippen molar-refractivity contribution < 1.29 is 4.79 Å². The first-order valence-corrected chi connectivity index (χ1v) is 11.5. The molecule has 0 saturated carbocycles. The zero-order valence-corrected chi connectivity index (χ0v) is 17.7. The summed E-state index contributed by atoms with van der Waals surface area (Å²) in [7, 11) is 0. The van der Waals surface area contributed by atoms with E-state index in [-0.39, 0.29) is 0 Å². The van der Waals surface area contributed by atoms with Gasteiger partial charge < -0.3 is 5.32 Å². The maximum Gasteiger partial charge on any atom is 0.198 e. The first-order chi connectivity index (χ1) is 13.4. The SMILES string of the molecule is CCCCCCCCCCCCCCCCNc1ccc(CC[C]=O)cc1. The van der Waals surface area contributed by atoms with Crippen LogP contribution in [-0.4, -0.2) is 12.8 Å². The standard InChI is InChI=1S/C25H42NO/c1-2-3-4-5-6-7-8-9-10-11-12-13-14-15-22-26-25-20-18-24(19-21-25)17-16-23-27/h18-21,26H,2-17,22H2,1H3. The number of hydrogen-bond acceptors (Lipinski definition) is 2. The Bertz CT molecular complexity index is 440. The van der Waals surface area contributed by atoms with Crippen LogP contribution in [0.2, 0.25) is 0 Å². The third-order valence-corrected chi connectivity index (χ3v) is 5.33. The van der Waals surface area contributed by atoms with Gasteiger partial charge in [0.1, 0.15) is 0 Å². The number of nitrogens with one attached hydrogen (secondary N) is 1. The molecule has 1 aromatic rings. The fourth-order valence-electron chi connectivity index (χ4n) is 3.54. The highest BCUT2D eigenvalue weighted by Crippen LogP contribution is 2.14. The molecule has 0 heterocycles. The average molecular weight is 373 g/mol. The van der Waals surface area contributed by atoms with Crippen molar-refractivity contribution >= 4 is 12.0 Å². The third-order valence-electron chi connectivity index (χ3n) is 5.33. The summed E-state index contributed by atoms with van der Waals surface area (Å²) >= 11 is 0. The van der Waals surface area contributed by atoms with Crippen LogP contribution < -0.4 is 5.32 Å². The fraction of sp³-hybridized carbons (Fsp3) is 0.720. The van der Waals surface area contributed by atoms with E-state index >= 15 is 0 Å². The number of rotatable bonds is 19. The lowest BCUT2D eigenvalue weighted by atomic mass is 10.0. The molecule has 0 unspecified atom stereocenters. The van der Waals surface area contributed by atoms with Gasteiger partial charge in [0, 0.05) is 18.7 Å². The van der Waals surface area contributed by atoms with Crippen LogP contribution in [0, 0.1) is 0 Å². The molecular formula is C25H42NO. The van der Waals surface area contributed by atoms with E-state index in [1.165, 1.54) is 101 Å². The minimum atomic E-state index is 0.492. The second-order valence-electron chi connectivity index (χ2n) is 7.86. The van der Waals surface area contributed by atoms with Gasteiger partial charge in [-0.2, -0.15) is 0 Å². The Balaban J connectivity index is 1.83. The van der Waals surface area contributed by atoms with Gasteiger partial charge in [0.25, 0.3) is 0 Å². The summed E-state index contributed by atoms with van der Waals surface area (Å²) in [5.41, 5.74) is 2.39. The van der Waals surface area contributed by atoms with Crippen LogP contribution in [0.15, 0.2) is 24.3 Å². The van der Waals surface area contributed by atoms with Crippen molar-refractivity contribution in [2.75, 3.05) is 11.9 Å². The Morgan fingerprint density at radius 1 is 0.704 bits per heavy atom. The van der Waals surface area contributed by atoms with Gasteiger partial charge in [0.2, 0.25) is 0 Å². The van der Waals surface area contributed by atoms with E-state index in [2.05, 4.69) is 36.5 Å². The molecule has 0 atom stereocenters. The van der Waals surface area contributed by atoms with Crippen molar-refractivity contribution in [3.8, 4) is 0 Å². The van der Waals surface area contributed by atoms with Crippen LogP contribution in [0.25, 0.3) is 0 Å². The lowest BCUT2D eigenvalue weighted by molar-refractivity contribution is 0.537. The Hall–Kier alpha value is -1.31. The Kier molecular flexibility index (Phi) is 15.9. The summed E-state index contributed by atoms with van der Waals surface area (Å²) in [6.07, 6.45) is 22.9. The number of benzene rings is 1. The van der Waals surface area contributed by atoms with E-state index in [0.717, 1.165) is 13.0 Å². The summed E-state index contributed by atoms with van der Waals surface area (Å²) in [6, 6.07) is 8.43. The second kappa shape index (κ2) is 18.1. The quantitative estimate of drug-likeness (QED) is 0.253. The zero-order valence-electron chi connectivity index (χ0n) is 17.7. The van der Waals surface area contributed by atoms with Gasteiger partial charge in [-0.05, 0) is 30.5 Å². The van der Waals surface area contributed by atoms with Crippen molar-refractivity contribution in [3.05, 3.63) is 29.8 Å². The molecule has 0 aliphatic heterocycles. The third kappa shape index (κ3) is 14.4. The maximum absolute atomic E-state index is 10.3. The highest BCUT2D eigenvalue weighted by Gasteiger charge is 1.96. The predicted molar refractivity (Wildman–Crippen MR) is 119 cm³/mol. The predicted octanol–water partition coefficient (Wildman–Crippen LogP) is 7.62. The number of hydrogen-bond donors (Lipinski definition) is 1. The normalized spacial score (nSPS) is 10.9. The highest BCUT2D eigenvalue weighted by atomic mass is 16.1. The molecule has 0 aromatic heterocycles. The van der Waals surface area contributed by atoms with E-state index in [0.29, 0.717) is 6.42 Å². The number of unbranched alkanes of at least 4 members (excludes halogenated alkanes) is 13. The van der Waals surface area contributed by atoms with Crippen LogP contribution in [0.3, 0.4) is 0 Å². The zero-order chi connectivity index (χ0) is 19.4. The topological polar surface area (TPSA) is 29.1 Å². The molecule has 0 aliphatic carbocycles. The van der Waals surface area contributed by atoms with Gasteiger partial charge in [0.15, 0.2) is 6.29 Å². The van der Waals surface area contributed by atoms with Crippen molar-refractivity contribution in [1.29, 1.82) is 0 Å². The molecule has 0 spiro atoms. The van der Waals surface area contributed by atoms with E-state index in [4.69, 9.17) is 0 Å². The monoisotopic (exact) mass is 372 g/mol. The van der Waals surface area contributed by atoms with Crippen molar-refractivity contribution in [3.63, 3.8) is 0 Å². The molecule has 0 bridgehead atoms. The molecule has 153 valence electrons. The second-order valence-corrected chi connectivity index (χ2v) is 7.86. The average Bonchev–Trinajstić information content (AvgIpc) is 2.70. The van der Waals surface area contributed by atoms with E-state index in [1.54, 1.807) is 0 Å². The van der Waals surface area contributed by atoms with Gasteiger partial charge in [-0.3, -0.25) is 4.79 Å². The number of carbonyl (C=O) groups excluding carboxylic acids is 1. The van der Waals surface area contributed by atoms with Crippen LogP contribution in [0.1, 0.15) is 109 Å². The summed E-state index contributed by atoms with van der Waals surface area (Å²) < 4.78 is 0. The minimum absolute atomic E-state index is 0.492. The van der Waals surface area contributed by atoms with E-state index in [1.807, 2.05) is 6.29 Å². The molecule has 0 saturated heterocycles. The molecule has 1 aromatic carbocycles. The Morgan fingerprint density at radius 2 is 1.19 bits per heavy atom. The maximum atomic E-state index is 10.3. The van der Waals surface area contributed by atoms with Crippen LogP contribution in [-0.2, 0) is 11.2 Å². The van der Waals surface area contributed by atoms with Crippen molar-refractivity contribution in [2.24, 2.45) is 0 Å². The van der Waals surface area contributed by atoms with Crippen LogP contribution in [0.4, 0.5) is 5.69 Å². The summed E-state index contributed by atoms with van der Waals surface area (Å²) in [4.78, 5) is 10.3. The molecule has 1 rings (SSSR count). The smallest absolute Gasteiger partial charge is 0.198 e. The van der Waals surface area contributed by atoms with Gasteiger partial charge in [0.05, 0.1) is 0 Å². The number of anilines is 1. The van der Waals surface area contributed by atoms with Crippen molar-refractivity contribution in [1.82, 2.24) is 0 Å². The first kappa shape index (κ1) is 23.7. The molecule has 27 heavy (non-hydrogen) atoms. The molecule has 0 fully saturated rings. The van der Waals surface area contributed by atoms with E-state index in [9.17, 15) is 4.79 Å². The Morgan fingerprint density at radius 3 is 1.67 bits per heavy atom. The van der Waals surface area contributed by atoms with Crippen LogP contribution in [0.5, 0.6) is 0 Å². The minimum Gasteiger partial charge on any atom is -0.385 e. The Labute approximate surface area is 168 Å². The van der Waals surface area contributed by atoms with Gasteiger partial charge in [-0.25, -0.2) is 0 Å².